The van der Waals surface area contributed by atoms with Gasteiger partial charge in [-0.3, -0.25) is 0 Å². The van der Waals surface area contributed by atoms with Crippen molar-refractivity contribution in [2.75, 3.05) is 0 Å². The van der Waals surface area contributed by atoms with Crippen molar-refractivity contribution in [1.82, 2.24) is 0 Å². The van der Waals surface area contributed by atoms with Gasteiger partial charge in [-0.1, -0.05) is 46.3 Å². The Morgan fingerprint density at radius 3 is 2.23 bits per heavy atom. The number of alkyl halides is 1. The van der Waals surface area contributed by atoms with Crippen LogP contribution in [0.1, 0.15) is 6.92 Å². The molecular formula is C10H15BrOSi. The number of hydrogen-bond acceptors (Lipinski definition) is 1. The van der Waals surface area contributed by atoms with Gasteiger partial charge in [0.15, 0.2) is 0 Å². The number of rotatable bonds is 3. The van der Waals surface area contributed by atoms with Crippen molar-refractivity contribution >= 4 is 29.4 Å². The summed E-state index contributed by atoms with van der Waals surface area (Å²) in [5.41, 5.74) is 0. The first-order valence-corrected chi connectivity index (χ1v) is 8.22. The molecule has 0 amide bonds. The Balaban J connectivity index is 2.81. The fraction of sp³-hybridized carbons (Fsp3) is 0.400. The zero-order chi connectivity index (χ0) is 9.90. The Kier molecular flexibility index (Phi) is 3.70. The van der Waals surface area contributed by atoms with Crippen LogP contribution in [0.4, 0.5) is 0 Å². The van der Waals surface area contributed by atoms with E-state index in [1.54, 1.807) is 0 Å². The first-order chi connectivity index (χ1) is 6.02. The van der Waals surface area contributed by atoms with Crippen LogP contribution in [-0.4, -0.2) is 13.3 Å². The fourth-order valence-electron chi connectivity index (χ4n) is 1.31. The summed E-state index contributed by atoms with van der Waals surface area (Å²) >= 11 is 3.42. The predicted octanol–water partition coefficient (Wildman–Crippen LogP) is 2.86. The van der Waals surface area contributed by atoms with Gasteiger partial charge in [-0.2, -0.15) is 0 Å². The fourth-order valence-corrected chi connectivity index (χ4v) is 4.66. The van der Waals surface area contributed by atoms with E-state index in [2.05, 4.69) is 53.3 Å². The van der Waals surface area contributed by atoms with E-state index in [0.717, 1.165) is 0 Å². The monoisotopic (exact) mass is 258 g/mol. The molecule has 0 N–H and O–H groups in total. The summed E-state index contributed by atoms with van der Waals surface area (Å²) in [5.74, 6) is 0. The van der Waals surface area contributed by atoms with E-state index in [4.69, 9.17) is 4.43 Å². The Hall–Kier alpha value is -0.123. The highest BCUT2D eigenvalue weighted by Crippen LogP contribution is 2.11. The normalized spacial score (nSPS) is 14.2. The van der Waals surface area contributed by atoms with Crippen molar-refractivity contribution in [2.24, 2.45) is 0 Å². The number of benzene rings is 1. The molecule has 0 saturated carbocycles. The van der Waals surface area contributed by atoms with Crippen LogP contribution >= 0.6 is 15.9 Å². The topological polar surface area (TPSA) is 9.23 Å². The Morgan fingerprint density at radius 2 is 1.77 bits per heavy atom. The molecule has 1 aromatic carbocycles. The summed E-state index contributed by atoms with van der Waals surface area (Å²) in [5, 5.41) is 1.47. The maximum atomic E-state index is 5.88. The molecule has 0 heterocycles. The number of halogens is 1. The summed E-state index contributed by atoms with van der Waals surface area (Å²) < 4.78 is 5.88. The van der Waals surface area contributed by atoms with E-state index in [9.17, 15) is 0 Å². The van der Waals surface area contributed by atoms with Crippen LogP contribution in [0.5, 0.6) is 0 Å². The SMILES string of the molecule is CC(Br)O[Si](C)(C)c1ccccc1. The van der Waals surface area contributed by atoms with Gasteiger partial charge in [0.1, 0.15) is 0 Å². The molecule has 3 heteroatoms. The minimum Gasteiger partial charge on any atom is -0.401 e. The third kappa shape index (κ3) is 3.25. The van der Waals surface area contributed by atoms with Crippen LogP contribution in [0.15, 0.2) is 30.3 Å². The van der Waals surface area contributed by atoms with Gasteiger partial charge in [-0.05, 0) is 25.2 Å². The quantitative estimate of drug-likeness (QED) is 0.599. The van der Waals surface area contributed by atoms with Gasteiger partial charge >= 0.3 is 0 Å². The average molecular weight is 259 g/mol. The van der Waals surface area contributed by atoms with Crippen LogP contribution in [0, 0.1) is 0 Å². The summed E-state index contributed by atoms with van der Waals surface area (Å²) in [6.45, 7) is 6.43. The lowest BCUT2D eigenvalue weighted by atomic mass is 10.4. The molecule has 0 aliphatic carbocycles. The van der Waals surface area contributed by atoms with Crippen LogP contribution in [0.25, 0.3) is 0 Å². The van der Waals surface area contributed by atoms with Gasteiger partial charge in [0.05, 0.1) is 5.01 Å². The van der Waals surface area contributed by atoms with E-state index >= 15 is 0 Å². The van der Waals surface area contributed by atoms with Crippen LogP contribution < -0.4 is 5.19 Å². The summed E-state index contributed by atoms with van der Waals surface area (Å²) in [7, 11) is -1.69. The maximum Gasteiger partial charge on any atom is 0.219 e. The molecule has 1 atom stereocenters. The standard InChI is InChI=1S/C10H15BrOSi/c1-9(11)12-13(2,3)10-7-5-4-6-8-10/h4-9H,1-3H3. The van der Waals surface area contributed by atoms with E-state index in [0.29, 0.717) is 0 Å². The molecule has 0 aromatic heterocycles. The van der Waals surface area contributed by atoms with E-state index in [-0.39, 0.29) is 5.01 Å². The van der Waals surface area contributed by atoms with Crippen molar-refractivity contribution in [1.29, 1.82) is 0 Å². The van der Waals surface area contributed by atoms with Crippen molar-refractivity contribution in [3.63, 3.8) is 0 Å². The van der Waals surface area contributed by atoms with Gasteiger partial charge in [-0.15, -0.1) is 0 Å². The molecule has 13 heavy (non-hydrogen) atoms. The summed E-state index contributed by atoms with van der Waals surface area (Å²) in [6.07, 6.45) is 0. The molecule has 0 aliphatic heterocycles. The first-order valence-electron chi connectivity index (χ1n) is 4.40. The highest BCUT2D eigenvalue weighted by atomic mass is 79.9. The van der Waals surface area contributed by atoms with Gasteiger partial charge in [0.2, 0.25) is 8.32 Å². The lowest BCUT2D eigenvalue weighted by Gasteiger charge is -2.24. The highest BCUT2D eigenvalue weighted by molar-refractivity contribution is 9.09. The molecule has 0 bridgehead atoms. The second kappa shape index (κ2) is 4.40. The van der Waals surface area contributed by atoms with Gasteiger partial charge in [0, 0.05) is 0 Å². The third-order valence-corrected chi connectivity index (χ3v) is 5.12. The zero-order valence-corrected chi connectivity index (χ0v) is 10.8. The lowest BCUT2D eigenvalue weighted by molar-refractivity contribution is 0.312. The molecule has 0 saturated heterocycles. The van der Waals surface area contributed by atoms with Gasteiger partial charge < -0.3 is 4.43 Å². The van der Waals surface area contributed by atoms with E-state index in [1.807, 2.05) is 13.0 Å². The van der Waals surface area contributed by atoms with Crippen molar-refractivity contribution in [2.45, 2.75) is 25.0 Å². The van der Waals surface area contributed by atoms with Crippen molar-refractivity contribution in [3.8, 4) is 0 Å². The zero-order valence-electron chi connectivity index (χ0n) is 8.25. The van der Waals surface area contributed by atoms with Crippen LogP contribution in [0.3, 0.4) is 0 Å². The highest BCUT2D eigenvalue weighted by Gasteiger charge is 2.26. The molecule has 1 aromatic rings. The largest absolute Gasteiger partial charge is 0.401 e. The average Bonchev–Trinajstić information content (AvgIpc) is 2.04. The third-order valence-electron chi connectivity index (χ3n) is 1.93. The second-order valence-corrected chi connectivity index (χ2v) is 8.66. The van der Waals surface area contributed by atoms with Gasteiger partial charge in [0.25, 0.3) is 0 Å². The molecule has 0 radical (unpaired) electrons. The molecule has 1 nitrogen and oxygen atoms in total. The second-order valence-electron chi connectivity index (χ2n) is 3.54. The molecule has 0 aliphatic rings. The van der Waals surface area contributed by atoms with Crippen LogP contribution in [0.2, 0.25) is 13.1 Å². The Labute approximate surface area is 89.4 Å². The van der Waals surface area contributed by atoms with E-state index < -0.39 is 8.32 Å². The Bertz CT molecular complexity index is 259. The minimum atomic E-state index is -1.69. The van der Waals surface area contributed by atoms with Crippen molar-refractivity contribution < 1.29 is 4.43 Å². The first kappa shape index (κ1) is 11.0. The maximum absolute atomic E-state index is 5.88. The molecule has 72 valence electrons. The summed E-state index contributed by atoms with van der Waals surface area (Å²) in [4.78, 5) is 0. The summed E-state index contributed by atoms with van der Waals surface area (Å²) in [6, 6.07) is 10.4. The molecule has 0 spiro atoms. The molecular weight excluding hydrogens is 244 g/mol. The lowest BCUT2D eigenvalue weighted by Crippen LogP contribution is -2.45. The van der Waals surface area contributed by atoms with Crippen LogP contribution in [-0.2, 0) is 4.43 Å². The van der Waals surface area contributed by atoms with E-state index in [1.165, 1.54) is 5.19 Å². The molecule has 1 rings (SSSR count). The minimum absolute atomic E-state index is 0.134. The van der Waals surface area contributed by atoms with Crippen molar-refractivity contribution in [3.05, 3.63) is 30.3 Å². The molecule has 1 unspecified atom stereocenters. The smallest absolute Gasteiger partial charge is 0.219 e. The van der Waals surface area contributed by atoms with Gasteiger partial charge in [-0.25, -0.2) is 0 Å². The predicted molar refractivity (Wildman–Crippen MR) is 63.0 cm³/mol. The Morgan fingerprint density at radius 1 is 1.23 bits per heavy atom. The number of hydrogen-bond donors (Lipinski definition) is 0. The molecule has 0 fully saturated rings.